The van der Waals surface area contributed by atoms with Gasteiger partial charge < -0.3 is 4.90 Å². The Kier molecular flexibility index (Phi) is 5.11. The summed E-state index contributed by atoms with van der Waals surface area (Å²) < 4.78 is 26.1. The van der Waals surface area contributed by atoms with Crippen LogP contribution in [0.4, 0.5) is 8.78 Å². The molecule has 1 aromatic heterocycles. The molecule has 110 valence electrons. The Bertz CT molecular complexity index is 597. The van der Waals surface area contributed by atoms with Crippen LogP contribution in [0.5, 0.6) is 0 Å². The molecule has 0 N–H and O–H groups in total. The molecular formula is C16H16F2N2O. The molecule has 1 heterocycles. The van der Waals surface area contributed by atoms with E-state index in [2.05, 4.69) is 4.98 Å². The number of halogens is 2. The number of carbonyl (C=O) groups excluding carboxylic acids is 1. The van der Waals surface area contributed by atoms with Crippen molar-refractivity contribution in [1.29, 1.82) is 0 Å². The van der Waals surface area contributed by atoms with E-state index in [9.17, 15) is 13.6 Å². The minimum atomic E-state index is -0.734. The SMILES string of the molecule is CN(CCC(=O)c1cc(F)cc(F)c1)Cc1cccnc1. The summed E-state index contributed by atoms with van der Waals surface area (Å²) >= 11 is 0. The molecule has 5 heteroatoms. The highest BCUT2D eigenvalue weighted by molar-refractivity contribution is 5.96. The summed E-state index contributed by atoms with van der Waals surface area (Å²) in [5.74, 6) is -1.74. The van der Waals surface area contributed by atoms with Gasteiger partial charge in [0.2, 0.25) is 0 Å². The van der Waals surface area contributed by atoms with Gasteiger partial charge in [-0.3, -0.25) is 9.78 Å². The lowest BCUT2D eigenvalue weighted by Crippen LogP contribution is -2.21. The van der Waals surface area contributed by atoms with Crippen LogP contribution in [0, 0.1) is 11.6 Å². The van der Waals surface area contributed by atoms with Crippen LogP contribution in [0.15, 0.2) is 42.7 Å². The van der Waals surface area contributed by atoms with Crippen LogP contribution in [0.2, 0.25) is 0 Å². The molecule has 2 rings (SSSR count). The molecule has 0 fully saturated rings. The van der Waals surface area contributed by atoms with Gasteiger partial charge in [0, 0.05) is 43.5 Å². The average molecular weight is 290 g/mol. The molecule has 21 heavy (non-hydrogen) atoms. The Balaban J connectivity index is 1.88. The maximum Gasteiger partial charge on any atom is 0.164 e. The van der Waals surface area contributed by atoms with Crippen molar-refractivity contribution in [2.75, 3.05) is 13.6 Å². The van der Waals surface area contributed by atoms with Crippen LogP contribution in [0.1, 0.15) is 22.3 Å². The third-order valence-electron chi connectivity index (χ3n) is 3.08. The number of nitrogens with zero attached hydrogens (tertiary/aromatic N) is 2. The first kappa shape index (κ1) is 15.3. The predicted octanol–water partition coefficient (Wildman–Crippen LogP) is 3.06. The van der Waals surface area contributed by atoms with Gasteiger partial charge in [0.25, 0.3) is 0 Å². The molecule has 0 atom stereocenters. The summed E-state index contributed by atoms with van der Waals surface area (Å²) in [7, 11) is 1.88. The topological polar surface area (TPSA) is 33.2 Å². The fraction of sp³-hybridized carbons (Fsp3) is 0.250. The summed E-state index contributed by atoms with van der Waals surface area (Å²) in [5.41, 5.74) is 1.12. The highest BCUT2D eigenvalue weighted by Crippen LogP contribution is 2.11. The monoisotopic (exact) mass is 290 g/mol. The summed E-state index contributed by atoms with van der Waals surface area (Å²) in [5, 5.41) is 0. The number of pyridine rings is 1. The van der Waals surface area contributed by atoms with Gasteiger partial charge >= 0.3 is 0 Å². The number of hydrogen-bond acceptors (Lipinski definition) is 3. The molecule has 0 amide bonds. The minimum absolute atomic E-state index is 0.0716. The second kappa shape index (κ2) is 7.04. The van der Waals surface area contributed by atoms with E-state index in [1.807, 2.05) is 24.1 Å². The molecule has 2 aromatic rings. The first-order chi connectivity index (χ1) is 10.0. The van der Waals surface area contributed by atoms with Crippen molar-refractivity contribution in [2.45, 2.75) is 13.0 Å². The van der Waals surface area contributed by atoms with Crippen molar-refractivity contribution < 1.29 is 13.6 Å². The Hall–Kier alpha value is -2.14. The molecule has 0 bridgehead atoms. The van der Waals surface area contributed by atoms with E-state index in [1.54, 1.807) is 12.4 Å². The number of Topliss-reactive ketones (excluding diaryl/α,β-unsaturated/α-hetero) is 1. The summed E-state index contributed by atoms with van der Waals surface area (Å²) in [6.45, 7) is 1.17. The van der Waals surface area contributed by atoms with E-state index in [4.69, 9.17) is 0 Å². The average Bonchev–Trinajstić information content (AvgIpc) is 2.45. The lowest BCUT2D eigenvalue weighted by Gasteiger charge is -2.15. The number of hydrogen-bond donors (Lipinski definition) is 0. The highest BCUT2D eigenvalue weighted by atomic mass is 19.1. The van der Waals surface area contributed by atoms with Gasteiger partial charge in [-0.25, -0.2) is 8.78 Å². The smallest absolute Gasteiger partial charge is 0.164 e. The molecule has 0 unspecified atom stereocenters. The van der Waals surface area contributed by atoms with Gasteiger partial charge in [0.1, 0.15) is 11.6 Å². The van der Waals surface area contributed by atoms with E-state index >= 15 is 0 Å². The maximum atomic E-state index is 13.1. The largest absolute Gasteiger partial charge is 0.302 e. The quantitative estimate of drug-likeness (QED) is 0.767. The number of ketones is 1. The summed E-state index contributed by atoms with van der Waals surface area (Å²) in [6, 6.07) is 6.68. The van der Waals surface area contributed by atoms with Gasteiger partial charge in [0.05, 0.1) is 0 Å². The fourth-order valence-electron chi connectivity index (χ4n) is 2.03. The third-order valence-corrected chi connectivity index (χ3v) is 3.08. The van der Waals surface area contributed by atoms with Crippen LogP contribution >= 0.6 is 0 Å². The molecule has 3 nitrogen and oxygen atoms in total. The maximum absolute atomic E-state index is 13.1. The first-order valence-electron chi connectivity index (χ1n) is 6.61. The molecule has 0 saturated carbocycles. The van der Waals surface area contributed by atoms with E-state index in [0.29, 0.717) is 13.1 Å². The molecule has 0 radical (unpaired) electrons. The highest BCUT2D eigenvalue weighted by Gasteiger charge is 2.10. The molecule has 0 aliphatic carbocycles. The Morgan fingerprint density at radius 2 is 1.95 bits per heavy atom. The molecule has 0 aliphatic rings. The minimum Gasteiger partial charge on any atom is -0.302 e. The number of benzene rings is 1. The lowest BCUT2D eigenvalue weighted by molar-refractivity contribution is 0.0967. The molecule has 0 saturated heterocycles. The van der Waals surface area contributed by atoms with E-state index in [-0.39, 0.29) is 17.8 Å². The first-order valence-corrected chi connectivity index (χ1v) is 6.61. The summed E-state index contributed by atoms with van der Waals surface area (Å²) in [4.78, 5) is 17.9. The molecule has 1 aromatic carbocycles. The normalized spacial score (nSPS) is 10.9. The van der Waals surface area contributed by atoms with Crippen LogP contribution in [-0.2, 0) is 6.54 Å². The Labute approximate surface area is 122 Å². The second-order valence-electron chi connectivity index (χ2n) is 4.93. The molecule has 0 spiro atoms. The van der Waals surface area contributed by atoms with Crippen molar-refractivity contribution in [3.8, 4) is 0 Å². The zero-order valence-electron chi connectivity index (χ0n) is 11.7. The van der Waals surface area contributed by atoms with Gasteiger partial charge in [-0.1, -0.05) is 6.07 Å². The number of carbonyl (C=O) groups is 1. The Morgan fingerprint density at radius 1 is 1.24 bits per heavy atom. The van der Waals surface area contributed by atoms with Gasteiger partial charge in [0.15, 0.2) is 5.78 Å². The summed E-state index contributed by atoms with van der Waals surface area (Å²) in [6.07, 6.45) is 3.67. The number of rotatable bonds is 6. The van der Waals surface area contributed by atoms with Crippen LogP contribution in [0.25, 0.3) is 0 Å². The fourth-order valence-corrected chi connectivity index (χ4v) is 2.03. The Morgan fingerprint density at radius 3 is 2.57 bits per heavy atom. The van der Waals surface area contributed by atoms with Crippen molar-refractivity contribution >= 4 is 5.78 Å². The standard InChI is InChI=1S/C16H16F2N2O/c1-20(11-12-3-2-5-19-10-12)6-4-16(21)13-7-14(17)9-15(18)8-13/h2-3,5,7-10H,4,6,11H2,1H3. The zero-order chi connectivity index (χ0) is 15.2. The van der Waals surface area contributed by atoms with E-state index < -0.39 is 11.6 Å². The van der Waals surface area contributed by atoms with Crippen molar-refractivity contribution in [1.82, 2.24) is 9.88 Å². The van der Waals surface area contributed by atoms with Crippen LogP contribution < -0.4 is 0 Å². The lowest BCUT2D eigenvalue weighted by atomic mass is 10.1. The third kappa shape index (κ3) is 4.72. The van der Waals surface area contributed by atoms with Gasteiger partial charge in [-0.05, 0) is 30.8 Å². The van der Waals surface area contributed by atoms with Crippen molar-refractivity contribution in [3.63, 3.8) is 0 Å². The van der Waals surface area contributed by atoms with Gasteiger partial charge in [-0.15, -0.1) is 0 Å². The number of aromatic nitrogens is 1. The van der Waals surface area contributed by atoms with Crippen LogP contribution in [-0.4, -0.2) is 29.3 Å². The van der Waals surface area contributed by atoms with E-state index in [0.717, 1.165) is 23.8 Å². The van der Waals surface area contributed by atoms with Crippen molar-refractivity contribution in [2.24, 2.45) is 0 Å². The zero-order valence-corrected chi connectivity index (χ0v) is 11.7. The van der Waals surface area contributed by atoms with Crippen LogP contribution in [0.3, 0.4) is 0 Å². The second-order valence-corrected chi connectivity index (χ2v) is 4.93. The van der Waals surface area contributed by atoms with Gasteiger partial charge in [-0.2, -0.15) is 0 Å². The molecular weight excluding hydrogens is 274 g/mol. The predicted molar refractivity (Wildman–Crippen MR) is 75.9 cm³/mol. The molecule has 0 aliphatic heterocycles. The van der Waals surface area contributed by atoms with E-state index in [1.165, 1.54) is 0 Å². The van der Waals surface area contributed by atoms with Crippen molar-refractivity contribution in [3.05, 3.63) is 65.5 Å².